The van der Waals surface area contributed by atoms with Crippen molar-refractivity contribution >= 4 is 38.4 Å². The molecule has 0 spiro atoms. The minimum absolute atomic E-state index is 0.00554. The lowest BCUT2D eigenvalue weighted by atomic mass is 10.0. The molecule has 1 aliphatic rings. The maximum absolute atomic E-state index is 13.7. The molecule has 2 aromatic carbocycles. The number of anilines is 1. The molecule has 9 nitrogen and oxygen atoms in total. The van der Waals surface area contributed by atoms with Crippen LogP contribution in [0.15, 0.2) is 54.6 Å². The van der Waals surface area contributed by atoms with E-state index < -0.39 is 15.8 Å². The quantitative estimate of drug-likeness (QED) is 0.230. The molecule has 1 fully saturated rings. The number of aromatic nitrogens is 3. The summed E-state index contributed by atoms with van der Waals surface area (Å²) < 4.78 is 31.4. The van der Waals surface area contributed by atoms with E-state index in [0.717, 1.165) is 24.0 Å². The number of nitrogens with zero attached hydrogens (tertiary/aromatic N) is 3. The molecule has 4 aromatic rings. The van der Waals surface area contributed by atoms with Gasteiger partial charge < -0.3 is 10.1 Å². The highest BCUT2D eigenvalue weighted by Crippen LogP contribution is 2.32. The number of rotatable bonds is 8. The van der Waals surface area contributed by atoms with Crippen LogP contribution in [0.5, 0.6) is 0 Å². The van der Waals surface area contributed by atoms with Crippen molar-refractivity contribution in [3.63, 3.8) is 0 Å². The molecule has 3 heterocycles. The fraction of sp³-hybridized carbons (Fsp3) is 0.333. The standard InChI is InChI=1S/C30H32N4O5S/c1-4-5-15-39-30(36)22-10-12-23(13-11-22)31-29(35)25-17-26(21-8-6-19(2)7-9-21)32-28-27(25)20(3)33-34(28)24-14-16-40(37,38)18-24/h6-13,17,24H,4-5,14-16,18H2,1-3H3,(H,31,35). The number of fused-ring (bicyclic) bond motifs is 1. The number of sulfone groups is 1. The van der Waals surface area contributed by atoms with Crippen LogP contribution in [0.2, 0.25) is 0 Å². The van der Waals surface area contributed by atoms with Gasteiger partial charge in [-0.1, -0.05) is 43.2 Å². The molecule has 1 amide bonds. The predicted molar refractivity (Wildman–Crippen MR) is 154 cm³/mol. The Morgan fingerprint density at radius 3 is 2.45 bits per heavy atom. The molecule has 5 rings (SSSR count). The maximum atomic E-state index is 13.7. The normalized spacial score (nSPS) is 16.2. The number of amides is 1. The number of hydrogen-bond donors (Lipinski definition) is 1. The average molecular weight is 561 g/mol. The van der Waals surface area contributed by atoms with Crippen LogP contribution < -0.4 is 5.32 Å². The lowest BCUT2D eigenvalue weighted by Gasteiger charge is -2.13. The highest BCUT2D eigenvalue weighted by molar-refractivity contribution is 7.91. The van der Waals surface area contributed by atoms with E-state index in [1.807, 2.05) is 38.1 Å². The molecule has 208 valence electrons. The molecule has 0 radical (unpaired) electrons. The summed E-state index contributed by atoms with van der Waals surface area (Å²) in [7, 11) is -3.15. The number of carbonyl (C=O) groups is 2. The number of hydrogen-bond acceptors (Lipinski definition) is 7. The van der Waals surface area contributed by atoms with Gasteiger partial charge in [0.25, 0.3) is 5.91 Å². The lowest BCUT2D eigenvalue weighted by molar-refractivity contribution is 0.0499. The Kier molecular flexibility index (Phi) is 7.71. The number of carbonyl (C=O) groups excluding carboxylic acids is 2. The van der Waals surface area contributed by atoms with Gasteiger partial charge in [0.05, 0.1) is 52.1 Å². The van der Waals surface area contributed by atoms with Crippen LogP contribution in [0.25, 0.3) is 22.3 Å². The van der Waals surface area contributed by atoms with E-state index in [9.17, 15) is 18.0 Å². The first-order valence-electron chi connectivity index (χ1n) is 13.4. The molecule has 1 atom stereocenters. The third kappa shape index (κ3) is 5.77. The van der Waals surface area contributed by atoms with Crippen molar-refractivity contribution < 1.29 is 22.7 Å². The van der Waals surface area contributed by atoms with Gasteiger partial charge in [0.15, 0.2) is 15.5 Å². The molecule has 1 N–H and O–H groups in total. The highest BCUT2D eigenvalue weighted by atomic mass is 32.2. The summed E-state index contributed by atoms with van der Waals surface area (Å²) in [6, 6.07) is 15.8. The molecule has 0 saturated carbocycles. The van der Waals surface area contributed by atoms with Crippen molar-refractivity contribution in [2.45, 2.75) is 46.1 Å². The molecular weight excluding hydrogens is 528 g/mol. The topological polar surface area (TPSA) is 120 Å². The van der Waals surface area contributed by atoms with Crippen LogP contribution in [0, 0.1) is 13.8 Å². The minimum Gasteiger partial charge on any atom is -0.462 e. The third-order valence-electron chi connectivity index (χ3n) is 7.09. The first kappa shape index (κ1) is 27.5. The van der Waals surface area contributed by atoms with E-state index >= 15 is 0 Å². The summed E-state index contributed by atoms with van der Waals surface area (Å²) in [5, 5.41) is 8.16. The zero-order valence-corrected chi connectivity index (χ0v) is 23.6. The second-order valence-electron chi connectivity index (χ2n) is 10.2. The van der Waals surface area contributed by atoms with E-state index in [-0.39, 0.29) is 23.5 Å². The van der Waals surface area contributed by atoms with Crippen molar-refractivity contribution in [3.05, 3.63) is 77.0 Å². The van der Waals surface area contributed by atoms with Gasteiger partial charge in [0.2, 0.25) is 0 Å². The second-order valence-corrected chi connectivity index (χ2v) is 12.5. The van der Waals surface area contributed by atoms with Gasteiger partial charge in [0.1, 0.15) is 0 Å². The fourth-order valence-electron chi connectivity index (χ4n) is 4.87. The van der Waals surface area contributed by atoms with Crippen LogP contribution in [-0.2, 0) is 14.6 Å². The Labute approximate surface area is 233 Å². The molecule has 40 heavy (non-hydrogen) atoms. The molecule has 0 aliphatic carbocycles. The number of benzene rings is 2. The molecule has 1 saturated heterocycles. The number of aryl methyl sites for hydroxylation is 2. The van der Waals surface area contributed by atoms with Crippen molar-refractivity contribution in [3.8, 4) is 11.3 Å². The zero-order valence-electron chi connectivity index (χ0n) is 22.8. The SMILES string of the molecule is CCCCOC(=O)c1ccc(NC(=O)c2cc(-c3ccc(C)cc3)nc3c2c(C)nn3C2CCS(=O)(=O)C2)cc1. The smallest absolute Gasteiger partial charge is 0.338 e. The number of ether oxygens (including phenoxy) is 1. The van der Waals surface area contributed by atoms with Crippen LogP contribution >= 0.6 is 0 Å². The van der Waals surface area contributed by atoms with Crippen molar-refractivity contribution in [1.82, 2.24) is 14.8 Å². The number of nitrogens with one attached hydrogen (secondary N) is 1. The molecule has 2 aromatic heterocycles. The van der Waals surface area contributed by atoms with Crippen LogP contribution in [0.1, 0.15) is 64.2 Å². The second kappa shape index (κ2) is 11.2. The first-order valence-corrected chi connectivity index (χ1v) is 15.2. The van der Waals surface area contributed by atoms with Gasteiger partial charge in [0, 0.05) is 11.3 Å². The van der Waals surface area contributed by atoms with Gasteiger partial charge in [-0.25, -0.2) is 22.9 Å². The summed E-state index contributed by atoms with van der Waals surface area (Å²) in [4.78, 5) is 30.8. The van der Waals surface area contributed by atoms with Gasteiger partial charge in [-0.15, -0.1) is 0 Å². The summed E-state index contributed by atoms with van der Waals surface area (Å²) in [5.74, 6) is -0.665. The fourth-order valence-corrected chi connectivity index (χ4v) is 6.56. The summed E-state index contributed by atoms with van der Waals surface area (Å²) in [6.45, 7) is 6.19. The summed E-state index contributed by atoms with van der Waals surface area (Å²) in [5.41, 5.74) is 4.90. The number of unbranched alkanes of at least 4 members (excludes halogenated alkanes) is 1. The Hall–Kier alpha value is -4.05. The highest BCUT2D eigenvalue weighted by Gasteiger charge is 2.32. The maximum Gasteiger partial charge on any atom is 0.338 e. The van der Waals surface area contributed by atoms with Gasteiger partial charge in [-0.05, 0) is 57.0 Å². The Balaban J connectivity index is 1.51. The van der Waals surface area contributed by atoms with Gasteiger partial charge in [-0.2, -0.15) is 5.10 Å². The van der Waals surface area contributed by atoms with Crippen LogP contribution in [0.3, 0.4) is 0 Å². The Morgan fingerprint density at radius 1 is 1.07 bits per heavy atom. The first-order chi connectivity index (χ1) is 19.1. The van der Waals surface area contributed by atoms with E-state index in [0.29, 0.717) is 52.3 Å². The van der Waals surface area contributed by atoms with Crippen molar-refractivity contribution in [1.29, 1.82) is 0 Å². The number of esters is 1. The Morgan fingerprint density at radius 2 is 1.80 bits per heavy atom. The Bertz CT molecular complexity index is 1680. The largest absolute Gasteiger partial charge is 0.462 e. The van der Waals surface area contributed by atoms with Gasteiger partial charge in [-0.3, -0.25) is 4.79 Å². The molecule has 10 heteroatoms. The van der Waals surface area contributed by atoms with Crippen LogP contribution in [0.4, 0.5) is 5.69 Å². The van der Waals surface area contributed by atoms with Crippen molar-refractivity contribution in [2.24, 2.45) is 0 Å². The molecule has 1 aliphatic heterocycles. The molecule has 1 unspecified atom stereocenters. The summed E-state index contributed by atoms with van der Waals surface area (Å²) >= 11 is 0. The van der Waals surface area contributed by atoms with E-state index in [2.05, 4.69) is 10.4 Å². The predicted octanol–water partition coefficient (Wildman–Crippen LogP) is 5.28. The average Bonchev–Trinajstić information content (AvgIpc) is 3.47. The monoisotopic (exact) mass is 560 g/mol. The van der Waals surface area contributed by atoms with Gasteiger partial charge >= 0.3 is 5.97 Å². The summed E-state index contributed by atoms with van der Waals surface area (Å²) in [6.07, 6.45) is 2.19. The lowest BCUT2D eigenvalue weighted by Crippen LogP contribution is -2.15. The third-order valence-corrected chi connectivity index (χ3v) is 8.84. The molecule has 0 bridgehead atoms. The minimum atomic E-state index is -3.15. The zero-order chi connectivity index (χ0) is 28.4. The van der Waals surface area contributed by atoms with E-state index in [1.165, 1.54) is 0 Å². The van der Waals surface area contributed by atoms with E-state index in [1.54, 1.807) is 41.9 Å². The van der Waals surface area contributed by atoms with Crippen LogP contribution in [-0.4, -0.2) is 53.2 Å². The molecular formula is C30H32N4O5S. The van der Waals surface area contributed by atoms with E-state index in [4.69, 9.17) is 9.72 Å². The number of pyridine rings is 1. The van der Waals surface area contributed by atoms with Crippen molar-refractivity contribution in [2.75, 3.05) is 23.4 Å².